The van der Waals surface area contributed by atoms with Crippen LogP contribution in [0.3, 0.4) is 0 Å². The number of azide groups is 1. The predicted molar refractivity (Wildman–Crippen MR) is 54.2 cm³/mol. The lowest BCUT2D eigenvalue weighted by Crippen LogP contribution is -1.76. The third-order valence-electron chi connectivity index (χ3n) is 1.68. The maximum absolute atomic E-state index is 8.21. The van der Waals surface area contributed by atoms with E-state index in [1.165, 1.54) is 11.5 Å². The van der Waals surface area contributed by atoms with Crippen LogP contribution >= 0.6 is 11.5 Å². The molecule has 0 atom stereocenters. The van der Waals surface area contributed by atoms with Gasteiger partial charge in [0.15, 0.2) is 0 Å². The van der Waals surface area contributed by atoms with Crippen LogP contribution in [0.15, 0.2) is 34.8 Å². The SMILES string of the molecule is [N-]=[N+]=Nc1ccc(-c2csnn2)cc1. The van der Waals surface area contributed by atoms with Crippen LogP contribution in [0.2, 0.25) is 0 Å². The minimum atomic E-state index is 0.597. The second-order valence-corrected chi connectivity index (χ2v) is 3.14. The van der Waals surface area contributed by atoms with Crippen molar-refractivity contribution < 1.29 is 0 Å². The van der Waals surface area contributed by atoms with Crippen LogP contribution in [0.5, 0.6) is 0 Å². The molecule has 0 aliphatic heterocycles. The summed E-state index contributed by atoms with van der Waals surface area (Å²) >= 11 is 1.31. The molecule has 2 aromatic rings. The molecule has 0 saturated heterocycles. The molecule has 1 aromatic heterocycles. The number of hydrogen-bond donors (Lipinski definition) is 0. The number of aromatic nitrogens is 2. The Morgan fingerprint density at radius 2 is 2.07 bits per heavy atom. The van der Waals surface area contributed by atoms with Crippen molar-refractivity contribution in [3.63, 3.8) is 0 Å². The average molecular weight is 203 g/mol. The Morgan fingerprint density at radius 1 is 1.29 bits per heavy atom. The molecule has 0 amide bonds. The molecule has 0 radical (unpaired) electrons. The van der Waals surface area contributed by atoms with Crippen LogP contribution < -0.4 is 0 Å². The van der Waals surface area contributed by atoms with Gasteiger partial charge in [0.05, 0.1) is 0 Å². The summed E-state index contributed by atoms with van der Waals surface area (Å²) in [5.41, 5.74) is 10.6. The average Bonchev–Trinajstić information content (AvgIpc) is 2.72. The second kappa shape index (κ2) is 3.87. The van der Waals surface area contributed by atoms with Crippen LogP contribution in [-0.2, 0) is 0 Å². The zero-order chi connectivity index (χ0) is 9.80. The highest BCUT2D eigenvalue weighted by atomic mass is 32.1. The first-order chi connectivity index (χ1) is 6.90. The van der Waals surface area contributed by atoms with Gasteiger partial charge in [-0.15, -0.1) is 5.10 Å². The standard InChI is InChI=1S/C8H5N5S/c9-12-10-7-3-1-6(2-4-7)8-5-14-13-11-8/h1-5H. The normalized spacial score (nSPS) is 9.43. The first-order valence-electron chi connectivity index (χ1n) is 3.83. The van der Waals surface area contributed by atoms with Gasteiger partial charge >= 0.3 is 0 Å². The third-order valence-corrected chi connectivity index (χ3v) is 2.19. The van der Waals surface area contributed by atoms with E-state index in [0.717, 1.165) is 11.3 Å². The first-order valence-corrected chi connectivity index (χ1v) is 4.66. The van der Waals surface area contributed by atoms with E-state index in [2.05, 4.69) is 19.6 Å². The largest absolute Gasteiger partial charge is 0.138 e. The molecule has 0 N–H and O–H groups in total. The summed E-state index contributed by atoms with van der Waals surface area (Å²) < 4.78 is 3.77. The van der Waals surface area contributed by atoms with Crippen LogP contribution in [0.4, 0.5) is 5.69 Å². The number of nitrogens with zero attached hydrogens (tertiary/aromatic N) is 5. The Balaban J connectivity index is 2.35. The van der Waals surface area contributed by atoms with Crippen molar-refractivity contribution in [1.29, 1.82) is 0 Å². The van der Waals surface area contributed by atoms with Gasteiger partial charge in [0.2, 0.25) is 0 Å². The summed E-state index contributed by atoms with van der Waals surface area (Å²) in [6, 6.07) is 7.18. The lowest BCUT2D eigenvalue weighted by atomic mass is 10.2. The fraction of sp³-hybridized carbons (Fsp3) is 0. The van der Waals surface area contributed by atoms with Crippen molar-refractivity contribution in [2.24, 2.45) is 5.11 Å². The van der Waals surface area contributed by atoms with Crippen LogP contribution in [0, 0.1) is 0 Å². The maximum atomic E-state index is 8.21. The number of hydrogen-bond acceptors (Lipinski definition) is 4. The minimum absolute atomic E-state index is 0.597. The van der Waals surface area contributed by atoms with Gasteiger partial charge < -0.3 is 0 Å². The van der Waals surface area contributed by atoms with Crippen molar-refractivity contribution >= 4 is 17.2 Å². The van der Waals surface area contributed by atoms with Crippen LogP contribution in [-0.4, -0.2) is 9.59 Å². The highest BCUT2D eigenvalue weighted by molar-refractivity contribution is 7.03. The molecule has 0 saturated carbocycles. The molecule has 0 spiro atoms. The van der Waals surface area contributed by atoms with Crippen molar-refractivity contribution in [2.75, 3.05) is 0 Å². The number of rotatable bonds is 2. The molecule has 0 aliphatic rings. The summed E-state index contributed by atoms with van der Waals surface area (Å²) in [7, 11) is 0. The minimum Gasteiger partial charge on any atom is -0.138 e. The van der Waals surface area contributed by atoms with Crippen molar-refractivity contribution in [2.45, 2.75) is 0 Å². The quantitative estimate of drug-likeness (QED) is 0.427. The molecule has 6 heteroatoms. The highest BCUT2D eigenvalue weighted by Crippen LogP contribution is 2.21. The van der Waals surface area contributed by atoms with Crippen LogP contribution in [0.1, 0.15) is 0 Å². The third kappa shape index (κ3) is 1.71. The van der Waals surface area contributed by atoms with E-state index in [-0.39, 0.29) is 0 Å². The lowest BCUT2D eigenvalue weighted by molar-refractivity contribution is 1.16. The Labute approximate surface area is 83.8 Å². The summed E-state index contributed by atoms with van der Waals surface area (Å²) in [6.45, 7) is 0. The van der Waals surface area contributed by atoms with Gasteiger partial charge in [0.1, 0.15) is 5.69 Å². The molecule has 1 heterocycles. The maximum Gasteiger partial charge on any atom is 0.105 e. The zero-order valence-corrected chi connectivity index (χ0v) is 7.85. The van der Waals surface area contributed by atoms with E-state index in [0.29, 0.717) is 5.69 Å². The summed E-state index contributed by atoms with van der Waals surface area (Å²) in [5.74, 6) is 0. The van der Waals surface area contributed by atoms with Gasteiger partial charge in [-0.1, -0.05) is 33.9 Å². The molecule has 0 unspecified atom stereocenters. The van der Waals surface area contributed by atoms with Gasteiger partial charge in [-0.25, -0.2) is 0 Å². The Kier molecular flexibility index (Phi) is 2.40. The van der Waals surface area contributed by atoms with E-state index < -0.39 is 0 Å². The smallest absolute Gasteiger partial charge is 0.105 e. The molecule has 14 heavy (non-hydrogen) atoms. The number of benzene rings is 1. The molecule has 0 fully saturated rings. The van der Waals surface area contributed by atoms with Gasteiger partial charge in [0, 0.05) is 21.5 Å². The fourth-order valence-corrected chi connectivity index (χ4v) is 1.51. The van der Waals surface area contributed by atoms with E-state index in [9.17, 15) is 0 Å². The molecule has 1 aromatic carbocycles. The van der Waals surface area contributed by atoms with E-state index in [1.807, 2.05) is 17.5 Å². The molecule has 0 bridgehead atoms. The van der Waals surface area contributed by atoms with Gasteiger partial charge in [-0.3, -0.25) is 0 Å². The van der Waals surface area contributed by atoms with E-state index in [1.54, 1.807) is 12.1 Å². The Morgan fingerprint density at radius 3 is 2.64 bits per heavy atom. The van der Waals surface area contributed by atoms with Gasteiger partial charge in [-0.2, -0.15) is 0 Å². The molecule has 2 rings (SSSR count). The predicted octanol–water partition coefficient (Wildman–Crippen LogP) is 3.15. The molecule has 68 valence electrons. The topological polar surface area (TPSA) is 74.5 Å². The Bertz CT molecular complexity index is 455. The molecular weight excluding hydrogens is 198 g/mol. The Hall–Kier alpha value is -1.91. The van der Waals surface area contributed by atoms with E-state index in [4.69, 9.17) is 5.53 Å². The molecule has 5 nitrogen and oxygen atoms in total. The first kappa shape index (κ1) is 8.68. The van der Waals surface area contributed by atoms with Crippen molar-refractivity contribution in [3.8, 4) is 11.3 Å². The lowest BCUT2D eigenvalue weighted by Gasteiger charge is -1.95. The zero-order valence-electron chi connectivity index (χ0n) is 7.03. The summed E-state index contributed by atoms with van der Waals surface area (Å²) in [4.78, 5) is 2.70. The van der Waals surface area contributed by atoms with Gasteiger partial charge in [-0.05, 0) is 17.1 Å². The van der Waals surface area contributed by atoms with Crippen molar-refractivity contribution in [3.05, 3.63) is 40.1 Å². The molecule has 0 aliphatic carbocycles. The monoisotopic (exact) mass is 203 g/mol. The van der Waals surface area contributed by atoms with Gasteiger partial charge in [0.25, 0.3) is 0 Å². The van der Waals surface area contributed by atoms with E-state index >= 15 is 0 Å². The highest BCUT2D eigenvalue weighted by Gasteiger charge is 1.99. The fourth-order valence-electron chi connectivity index (χ4n) is 1.04. The van der Waals surface area contributed by atoms with Crippen molar-refractivity contribution in [1.82, 2.24) is 9.59 Å². The summed E-state index contributed by atoms with van der Waals surface area (Å²) in [5, 5.41) is 9.27. The second-order valence-electron chi connectivity index (χ2n) is 2.53. The molecular formula is C8H5N5S. The van der Waals surface area contributed by atoms with Crippen LogP contribution in [0.25, 0.3) is 21.7 Å². The summed E-state index contributed by atoms with van der Waals surface area (Å²) in [6.07, 6.45) is 0.